The van der Waals surface area contributed by atoms with Gasteiger partial charge in [-0.2, -0.15) is 4.52 Å². The van der Waals surface area contributed by atoms with Crippen LogP contribution in [0.4, 0.5) is 0 Å². The predicted molar refractivity (Wildman–Crippen MR) is 105 cm³/mol. The first-order valence-electron chi connectivity index (χ1n) is 9.13. The van der Waals surface area contributed by atoms with Gasteiger partial charge in [0.05, 0.1) is 10.9 Å². The SMILES string of the molecule is CCc1nc2sc([C@H](c3cccc(Cl)c3)N3CCC[C@@H](C)C3)c(O)n2n1. The van der Waals surface area contributed by atoms with Crippen LogP contribution in [0, 0.1) is 5.92 Å². The van der Waals surface area contributed by atoms with Gasteiger partial charge in [0.2, 0.25) is 10.8 Å². The highest BCUT2D eigenvalue weighted by molar-refractivity contribution is 7.17. The number of benzene rings is 1. The number of aryl methyl sites for hydroxylation is 1. The molecule has 0 bridgehead atoms. The lowest BCUT2D eigenvalue weighted by Crippen LogP contribution is -2.37. The highest BCUT2D eigenvalue weighted by Crippen LogP contribution is 2.41. The smallest absolute Gasteiger partial charge is 0.230 e. The summed E-state index contributed by atoms with van der Waals surface area (Å²) >= 11 is 7.79. The van der Waals surface area contributed by atoms with Gasteiger partial charge in [-0.25, -0.2) is 4.98 Å². The van der Waals surface area contributed by atoms with Gasteiger partial charge in [-0.15, -0.1) is 5.10 Å². The van der Waals surface area contributed by atoms with Crippen LogP contribution < -0.4 is 0 Å². The second-order valence-corrected chi connectivity index (χ2v) is 8.51. The molecule has 0 radical (unpaired) electrons. The first-order valence-corrected chi connectivity index (χ1v) is 10.3. The molecule has 1 aliphatic heterocycles. The van der Waals surface area contributed by atoms with Crippen molar-refractivity contribution >= 4 is 27.9 Å². The predicted octanol–water partition coefficient (Wildman–Crippen LogP) is 4.53. The Labute approximate surface area is 162 Å². The van der Waals surface area contributed by atoms with E-state index >= 15 is 0 Å². The summed E-state index contributed by atoms with van der Waals surface area (Å²) in [6, 6.07) is 7.91. The summed E-state index contributed by atoms with van der Waals surface area (Å²) < 4.78 is 1.57. The van der Waals surface area contributed by atoms with Crippen molar-refractivity contribution in [3.8, 4) is 5.88 Å². The minimum Gasteiger partial charge on any atom is -0.492 e. The Kier molecular flexibility index (Phi) is 4.90. The van der Waals surface area contributed by atoms with Crippen molar-refractivity contribution < 1.29 is 5.11 Å². The van der Waals surface area contributed by atoms with E-state index in [-0.39, 0.29) is 11.9 Å². The first kappa shape index (κ1) is 17.8. The molecule has 3 aromatic rings. The van der Waals surface area contributed by atoms with Gasteiger partial charge < -0.3 is 5.11 Å². The van der Waals surface area contributed by atoms with Gasteiger partial charge in [0, 0.05) is 18.0 Å². The fourth-order valence-corrected chi connectivity index (χ4v) is 5.12. The maximum Gasteiger partial charge on any atom is 0.230 e. The van der Waals surface area contributed by atoms with Gasteiger partial charge in [-0.3, -0.25) is 4.90 Å². The van der Waals surface area contributed by atoms with Crippen molar-refractivity contribution in [3.05, 3.63) is 45.6 Å². The third kappa shape index (κ3) is 3.21. The monoisotopic (exact) mass is 390 g/mol. The largest absolute Gasteiger partial charge is 0.492 e. The number of rotatable bonds is 4. The number of piperidine rings is 1. The third-order valence-corrected chi connectivity index (χ3v) is 6.33. The molecule has 0 spiro atoms. The number of aromatic nitrogens is 3. The van der Waals surface area contributed by atoms with Gasteiger partial charge in [-0.1, -0.05) is 48.9 Å². The lowest BCUT2D eigenvalue weighted by atomic mass is 9.95. The Balaban J connectivity index is 1.82. The Hall–Kier alpha value is -1.63. The standard InChI is InChI=1S/C19H23ClN4OS/c1-3-15-21-19-24(22-15)18(25)17(26-19)16(13-7-4-8-14(20)10-13)23-9-5-6-12(2)11-23/h4,7-8,10,12,16,25H,3,5-6,9,11H2,1-2H3/t12-,16+/m1/s1. The lowest BCUT2D eigenvalue weighted by Gasteiger charge is -2.37. The molecule has 3 heterocycles. The van der Waals surface area contributed by atoms with Crippen molar-refractivity contribution in [2.45, 2.75) is 39.2 Å². The summed E-state index contributed by atoms with van der Waals surface area (Å²) in [6.45, 7) is 6.32. The summed E-state index contributed by atoms with van der Waals surface area (Å²) in [7, 11) is 0. The zero-order valence-electron chi connectivity index (χ0n) is 15.0. The van der Waals surface area contributed by atoms with E-state index in [2.05, 4.69) is 28.0 Å². The van der Waals surface area contributed by atoms with E-state index < -0.39 is 0 Å². The van der Waals surface area contributed by atoms with E-state index in [9.17, 15) is 5.11 Å². The molecule has 26 heavy (non-hydrogen) atoms. The van der Waals surface area contributed by atoms with Crippen LogP contribution in [0.15, 0.2) is 24.3 Å². The minimum absolute atomic E-state index is 0.0324. The van der Waals surface area contributed by atoms with E-state index in [1.165, 1.54) is 24.2 Å². The molecule has 1 saturated heterocycles. The minimum atomic E-state index is -0.0324. The number of likely N-dealkylation sites (tertiary alicyclic amines) is 1. The molecule has 1 fully saturated rings. The maximum atomic E-state index is 10.9. The number of nitrogens with zero attached hydrogens (tertiary/aromatic N) is 4. The van der Waals surface area contributed by atoms with E-state index in [0.717, 1.165) is 40.7 Å². The molecule has 0 aliphatic carbocycles. The Morgan fingerprint density at radius 3 is 2.96 bits per heavy atom. The number of fused-ring (bicyclic) bond motifs is 1. The molecular formula is C19H23ClN4OS. The molecule has 138 valence electrons. The average Bonchev–Trinajstić information content (AvgIpc) is 3.15. The van der Waals surface area contributed by atoms with E-state index in [1.807, 2.05) is 25.1 Å². The fourth-order valence-electron chi connectivity index (χ4n) is 3.78. The van der Waals surface area contributed by atoms with Gasteiger partial charge in [0.1, 0.15) is 0 Å². The molecule has 1 aromatic carbocycles. The van der Waals surface area contributed by atoms with Crippen molar-refractivity contribution in [1.82, 2.24) is 19.5 Å². The molecule has 5 nitrogen and oxygen atoms in total. The second kappa shape index (κ2) is 7.18. The van der Waals surface area contributed by atoms with Crippen LogP contribution in [-0.2, 0) is 6.42 Å². The molecule has 0 unspecified atom stereocenters. The van der Waals surface area contributed by atoms with Crippen LogP contribution in [0.2, 0.25) is 5.02 Å². The van der Waals surface area contributed by atoms with Gasteiger partial charge >= 0.3 is 0 Å². The molecule has 0 amide bonds. The average molecular weight is 391 g/mol. The number of halogens is 1. The zero-order valence-corrected chi connectivity index (χ0v) is 16.6. The summed E-state index contributed by atoms with van der Waals surface area (Å²) in [5.41, 5.74) is 1.10. The molecule has 4 rings (SSSR count). The second-order valence-electron chi connectivity index (χ2n) is 7.07. The van der Waals surface area contributed by atoms with Crippen LogP contribution >= 0.6 is 22.9 Å². The van der Waals surface area contributed by atoms with Crippen LogP contribution in [-0.4, -0.2) is 37.7 Å². The van der Waals surface area contributed by atoms with E-state index in [4.69, 9.17) is 11.6 Å². The molecule has 7 heteroatoms. The molecular weight excluding hydrogens is 368 g/mol. The Morgan fingerprint density at radius 2 is 2.27 bits per heavy atom. The van der Waals surface area contributed by atoms with Crippen LogP contribution in [0.3, 0.4) is 0 Å². The first-order chi connectivity index (χ1) is 12.6. The quantitative estimate of drug-likeness (QED) is 0.710. The number of aromatic hydroxyl groups is 1. The topological polar surface area (TPSA) is 53.7 Å². The third-order valence-electron chi connectivity index (χ3n) is 5.03. The van der Waals surface area contributed by atoms with Crippen molar-refractivity contribution in [3.63, 3.8) is 0 Å². The van der Waals surface area contributed by atoms with Crippen LogP contribution in [0.5, 0.6) is 5.88 Å². The number of thiazole rings is 1. The van der Waals surface area contributed by atoms with Crippen molar-refractivity contribution in [2.75, 3.05) is 13.1 Å². The molecule has 2 aromatic heterocycles. The van der Waals surface area contributed by atoms with Crippen molar-refractivity contribution in [1.29, 1.82) is 0 Å². The number of hydrogen-bond acceptors (Lipinski definition) is 5. The molecule has 0 saturated carbocycles. The summed E-state index contributed by atoms with van der Waals surface area (Å²) in [4.78, 5) is 8.61. The number of hydrogen-bond donors (Lipinski definition) is 1. The van der Waals surface area contributed by atoms with Gasteiger partial charge in [0.25, 0.3) is 0 Å². The zero-order chi connectivity index (χ0) is 18.3. The van der Waals surface area contributed by atoms with Crippen LogP contribution in [0.25, 0.3) is 4.96 Å². The summed E-state index contributed by atoms with van der Waals surface area (Å²) in [5.74, 6) is 1.59. The van der Waals surface area contributed by atoms with Crippen molar-refractivity contribution in [2.24, 2.45) is 5.92 Å². The highest BCUT2D eigenvalue weighted by atomic mass is 35.5. The molecule has 2 atom stereocenters. The maximum absolute atomic E-state index is 10.9. The van der Waals surface area contributed by atoms with E-state index in [0.29, 0.717) is 10.9 Å². The Morgan fingerprint density at radius 1 is 1.42 bits per heavy atom. The summed E-state index contributed by atoms with van der Waals surface area (Å²) in [5, 5.41) is 16.0. The fraction of sp³-hybridized carbons (Fsp3) is 0.474. The molecule has 1 aliphatic rings. The van der Waals surface area contributed by atoms with Crippen LogP contribution in [0.1, 0.15) is 49.0 Å². The Bertz CT molecular complexity index is 922. The van der Waals surface area contributed by atoms with Gasteiger partial charge in [-0.05, 0) is 43.0 Å². The molecule has 1 N–H and O–H groups in total. The highest BCUT2D eigenvalue weighted by Gasteiger charge is 2.31. The van der Waals surface area contributed by atoms with Gasteiger partial charge in [0.15, 0.2) is 5.82 Å². The normalized spacial score (nSPS) is 19.9. The summed E-state index contributed by atoms with van der Waals surface area (Å²) in [6.07, 6.45) is 3.17. The van der Waals surface area contributed by atoms with E-state index in [1.54, 1.807) is 4.52 Å². The lowest BCUT2D eigenvalue weighted by molar-refractivity contribution is 0.149.